The van der Waals surface area contributed by atoms with Crippen molar-refractivity contribution in [3.05, 3.63) is 53.7 Å². The van der Waals surface area contributed by atoms with Gasteiger partial charge in [-0.2, -0.15) is 0 Å². The summed E-state index contributed by atoms with van der Waals surface area (Å²) in [5.41, 5.74) is 4.06. The summed E-state index contributed by atoms with van der Waals surface area (Å²) in [5.74, 6) is 0.932. The van der Waals surface area contributed by atoms with Crippen molar-refractivity contribution in [2.24, 2.45) is 16.2 Å². The minimum absolute atomic E-state index is 0.251. The molecule has 2 aliphatic rings. The van der Waals surface area contributed by atoms with Crippen molar-refractivity contribution in [3.63, 3.8) is 0 Å². The minimum Gasteiger partial charge on any atom is -0.381 e. The van der Waals surface area contributed by atoms with Gasteiger partial charge in [-0.15, -0.1) is 0 Å². The Hall–Kier alpha value is -2.29. The second-order valence-corrected chi connectivity index (χ2v) is 13.8. The molecule has 5 rings (SSSR count). The molecule has 2 aromatic heterocycles. The number of nitrogens with zero attached hydrogens (tertiary/aromatic N) is 4. The highest BCUT2D eigenvalue weighted by Crippen LogP contribution is 2.34. The predicted octanol–water partition coefficient (Wildman–Crippen LogP) is 5.63. The van der Waals surface area contributed by atoms with E-state index in [1.807, 2.05) is 26.2 Å². The summed E-state index contributed by atoms with van der Waals surface area (Å²) < 4.78 is 40.2. The molecule has 37 heavy (non-hydrogen) atoms. The van der Waals surface area contributed by atoms with E-state index >= 15 is 0 Å². The van der Waals surface area contributed by atoms with Gasteiger partial charge in [0.1, 0.15) is 5.82 Å². The first-order chi connectivity index (χ1) is 17.8. The van der Waals surface area contributed by atoms with Crippen molar-refractivity contribution < 1.29 is 13.3 Å². The molecule has 0 bridgehead atoms. The van der Waals surface area contributed by atoms with Gasteiger partial charge in [0, 0.05) is 56.4 Å². The van der Waals surface area contributed by atoms with Gasteiger partial charge >= 0.3 is 0 Å². The van der Waals surface area contributed by atoms with Crippen molar-refractivity contribution in [1.29, 1.82) is 0 Å². The van der Waals surface area contributed by atoms with Gasteiger partial charge in [-0.05, 0) is 94.2 Å². The Bertz CT molecular complexity index is 1390. The predicted molar refractivity (Wildman–Crippen MR) is 147 cm³/mol. The molecule has 4 heterocycles. The molecule has 2 saturated heterocycles. The lowest BCUT2D eigenvalue weighted by atomic mass is 9.97. The summed E-state index contributed by atoms with van der Waals surface area (Å²) >= 11 is 0. The van der Waals surface area contributed by atoms with Gasteiger partial charge in [0.15, 0.2) is 0 Å². The number of ether oxygens (including phenoxy) is 1. The Morgan fingerprint density at radius 2 is 1.97 bits per heavy atom. The Morgan fingerprint density at radius 3 is 2.70 bits per heavy atom. The van der Waals surface area contributed by atoms with E-state index < -0.39 is 15.5 Å². The number of hydrogen-bond acceptors (Lipinski definition) is 5. The number of hydrogen-bond donors (Lipinski definition) is 0. The van der Waals surface area contributed by atoms with Crippen LogP contribution in [0.15, 0.2) is 46.0 Å². The first-order valence-electron chi connectivity index (χ1n) is 13.5. The van der Waals surface area contributed by atoms with Crippen molar-refractivity contribution in [2.45, 2.75) is 56.6 Å². The zero-order chi connectivity index (χ0) is 26.2. The van der Waals surface area contributed by atoms with E-state index in [1.165, 1.54) is 48.9 Å². The van der Waals surface area contributed by atoms with E-state index in [-0.39, 0.29) is 5.25 Å². The number of benzene rings is 1. The van der Waals surface area contributed by atoms with Crippen LogP contribution in [0, 0.1) is 24.6 Å². The molecule has 2 atom stereocenters. The number of aromatic nitrogens is 2. The fraction of sp³-hybridized carbons (Fsp3) is 0.552. The fourth-order valence-electron chi connectivity index (χ4n) is 6.13. The first kappa shape index (κ1) is 26.3. The summed E-state index contributed by atoms with van der Waals surface area (Å²) in [7, 11) is -1.25. The molecule has 200 valence electrons. The number of pyridine rings is 1. The van der Waals surface area contributed by atoms with E-state index in [0.717, 1.165) is 49.7 Å². The minimum atomic E-state index is -2.81. The molecular weight excluding hydrogens is 487 g/mol. The number of fused-ring (bicyclic) bond motifs is 1. The van der Waals surface area contributed by atoms with Crippen LogP contribution in [-0.4, -0.2) is 63.8 Å². The van der Waals surface area contributed by atoms with Crippen molar-refractivity contribution in [1.82, 2.24) is 14.5 Å². The summed E-state index contributed by atoms with van der Waals surface area (Å²) in [4.78, 5) is 7.55. The van der Waals surface area contributed by atoms with Gasteiger partial charge in [0.05, 0.1) is 32.0 Å². The first-order valence-corrected chi connectivity index (χ1v) is 15.1. The van der Waals surface area contributed by atoms with Crippen LogP contribution < -0.4 is 0 Å². The van der Waals surface area contributed by atoms with Gasteiger partial charge in [-0.1, -0.05) is 0 Å². The Labute approximate surface area is 220 Å². The number of halogens is 1. The molecule has 0 aliphatic carbocycles. The van der Waals surface area contributed by atoms with E-state index in [9.17, 15) is 8.60 Å². The number of rotatable bonds is 7. The van der Waals surface area contributed by atoms with Gasteiger partial charge in [-0.25, -0.2) is 13.0 Å². The largest absolute Gasteiger partial charge is 0.381 e. The molecule has 2 fully saturated rings. The van der Waals surface area contributed by atoms with Gasteiger partial charge in [0.25, 0.3) is 0 Å². The summed E-state index contributed by atoms with van der Waals surface area (Å²) in [6.07, 6.45) is 10.4. The lowest BCUT2D eigenvalue weighted by molar-refractivity contribution is 0.0551. The molecule has 8 heteroatoms. The van der Waals surface area contributed by atoms with Crippen molar-refractivity contribution >= 4 is 20.6 Å². The summed E-state index contributed by atoms with van der Waals surface area (Å²) in [5, 5.41) is 0.942. The average Bonchev–Trinajstić information content (AvgIpc) is 3.49. The van der Waals surface area contributed by atoms with Crippen LogP contribution in [0.3, 0.4) is 0 Å². The van der Waals surface area contributed by atoms with E-state index in [1.54, 1.807) is 13.1 Å². The maximum absolute atomic E-state index is 14.5. The highest BCUT2D eigenvalue weighted by molar-refractivity contribution is 7.94. The third kappa shape index (κ3) is 5.20. The van der Waals surface area contributed by atoms with Crippen LogP contribution in [-0.2, 0) is 20.9 Å². The average molecular weight is 527 g/mol. The Balaban J connectivity index is 1.49. The van der Waals surface area contributed by atoms with Gasteiger partial charge in [-0.3, -0.25) is 4.98 Å². The maximum Gasteiger partial charge on any atom is 0.124 e. The molecule has 0 radical (unpaired) electrons. The topological polar surface area (TPSA) is 59.7 Å². The van der Waals surface area contributed by atoms with E-state index in [0.29, 0.717) is 16.5 Å². The maximum atomic E-state index is 14.5. The van der Waals surface area contributed by atoms with Crippen LogP contribution in [0.4, 0.5) is 4.39 Å². The van der Waals surface area contributed by atoms with E-state index in [4.69, 9.17) is 4.74 Å². The molecule has 0 amide bonds. The smallest absolute Gasteiger partial charge is 0.124 e. The van der Waals surface area contributed by atoms with Crippen LogP contribution in [0.1, 0.15) is 44.2 Å². The summed E-state index contributed by atoms with van der Waals surface area (Å²) in [6, 6.07) is 4.56. The van der Waals surface area contributed by atoms with Crippen LogP contribution in [0.25, 0.3) is 16.6 Å². The number of likely N-dealkylation sites (tertiary alicyclic amines) is 1. The summed E-state index contributed by atoms with van der Waals surface area (Å²) in [6.45, 7) is 11.1. The zero-order valence-corrected chi connectivity index (χ0v) is 23.3. The quantitative estimate of drug-likeness (QED) is 0.400. The lowest BCUT2D eigenvalue weighted by Gasteiger charge is -2.27. The Morgan fingerprint density at radius 1 is 1.19 bits per heavy atom. The van der Waals surface area contributed by atoms with Crippen LogP contribution in [0.2, 0.25) is 0 Å². The third-order valence-corrected chi connectivity index (χ3v) is 10.9. The normalized spacial score (nSPS) is 21.1. The molecule has 0 spiro atoms. The molecule has 2 aliphatic heterocycles. The van der Waals surface area contributed by atoms with Gasteiger partial charge < -0.3 is 14.2 Å². The van der Waals surface area contributed by atoms with Crippen LogP contribution >= 0.6 is 0 Å². The molecule has 0 N–H and O–H groups in total. The highest BCUT2D eigenvalue weighted by Gasteiger charge is 2.28. The second kappa shape index (κ2) is 10.8. The van der Waals surface area contributed by atoms with Crippen molar-refractivity contribution in [2.75, 3.05) is 39.9 Å². The fourth-order valence-corrected chi connectivity index (χ4v) is 8.00. The highest BCUT2D eigenvalue weighted by atomic mass is 32.2. The van der Waals surface area contributed by atoms with Crippen molar-refractivity contribution in [3.8, 4) is 5.69 Å². The third-order valence-electron chi connectivity index (χ3n) is 8.12. The number of aryl methyl sites for hydroxylation is 1. The van der Waals surface area contributed by atoms with Crippen LogP contribution in [0.5, 0.6) is 0 Å². The van der Waals surface area contributed by atoms with Gasteiger partial charge in [0.2, 0.25) is 0 Å². The molecule has 6 nitrogen and oxygen atoms in total. The SMILES string of the molecule is CN=S(=O)(c1cc(F)ccc1-n1cc(C[C@H]2CCN(CC3CCOCC3)C2)c2c(C)cncc21)C(C)C. The molecule has 1 unspecified atom stereocenters. The lowest BCUT2D eigenvalue weighted by Crippen LogP contribution is -2.31. The molecule has 1 aromatic carbocycles. The molecule has 0 saturated carbocycles. The molecule has 3 aromatic rings. The van der Waals surface area contributed by atoms with E-state index in [2.05, 4.69) is 31.9 Å². The standard InChI is InChI=1S/C29H39FN4O2S/c1-20(2)37(35,31-4)28-14-25(30)5-6-26(28)34-19-24(29-21(3)15-32-16-27(29)34)13-23-7-10-33(18-23)17-22-8-11-36-12-9-22/h5-6,14-16,19-20,22-23H,7-13,17-18H2,1-4H3/t23-,37?/m1/s1. The monoisotopic (exact) mass is 526 g/mol. The molecular formula is C29H39FN4O2S. The Kier molecular flexibility index (Phi) is 7.70. The second-order valence-electron chi connectivity index (χ2n) is 11.0. The zero-order valence-electron chi connectivity index (χ0n) is 22.5.